The first-order valence-electron chi connectivity index (χ1n) is 8.31. The molecule has 7 heteroatoms. The molecule has 0 saturated heterocycles. The summed E-state index contributed by atoms with van der Waals surface area (Å²) in [6, 6.07) is 15.4. The number of hydrogen-bond acceptors (Lipinski definition) is 5. The van der Waals surface area contributed by atoms with Crippen molar-refractivity contribution in [1.29, 1.82) is 0 Å². The average molecular weight is 376 g/mol. The fourth-order valence-electron chi connectivity index (χ4n) is 3.07. The molecule has 0 atom stereocenters. The molecule has 0 spiro atoms. The number of hydrogen-bond donors (Lipinski definition) is 1. The van der Waals surface area contributed by atoms with Crippen LogP contribution in [0.5, 0.6) is 0 Å². The number of ether oxygens (including phenoxy) is 1. The number of carbonyl (C=O) groups excluding carboxylic acids is 1. The number of benzene rings is 3. The Bertz CT molecular complexity index is 1170. The minimum atomic E-state index is -0.614. The molecule has 0 fully saturated rings. The van der Waals surface area contributed by atoms with Crippen LogP contribution in [0, 0.1) is 15.9 Å². The van der Waals surface area contributed by atoms with Gasteiger partial charge in [-0.2, -0.15) is 0 Å². The van der Waals surface area contributed by atoms with Gasteiger partial charge in [0.05, 0.1) is 10.5 Å². The summed E-state index contributed by atoms with van der Waals surface area (Å²) < 4.78 is 19.7. The highest BCUT2D eigenvalue weighted by atomic mass is 19.1. The lowest BCUT2D eigenvalue weighted by Gasteiger charge is -2.07. The van der Waals surface area contributed by atoms with Crippen LogP contribution in [0.1, 0.15) is 21.5 Å². The second kappa shape index (κ2) is 6.62. The number of cyclic esters (lactones) is 1. The van der Waals surface area contributed by atoms with Gasteiger partial charge in [-0.15, -0.1) is 0 Å². The average Bonchev–Trinajstić information content (AvgIpc) is 2.99. The quantitative estimate of drug-likeness (QED) is 0.311. The van der Waals surface area contributed by atoms with E-state index in [1.807, 2.05) is 0 Å². The van der Waals surface area contributed by atoms with Gasteiger partial charge in [-0.05, 0) is 41.5 Å². The Morgan fingerprint density at radius 2 is 1.75 bits per heavy atom. The summed E-state index contributed by atoms with van der Waals surface area (Å²) in [4.78, 5) is 22.4. The van der Waals surface area contributed by atoms with Gasteiger partial charge in [0.1, 0.15) is 17.3 Å². The van der Waals surface area contributed by atoms with Crippen LogP contribution in [0.3, 0.4) is 0 Å². The SMILES string of the molecule is Nc1ccc(-c2cc(C=C3OC(=O)c4ccccc43)ccc2F)cc1[N+](=O)[O-]. The van der Waals surface area contributed by atoms with Crippen molar-refractivity contribution < 1.29 is 18.8 Å². The Labute approximate surface area is 158 Å². The molecule has 0 unspecified atom stereocenters. The number of fused-ring (bicyclic) bond motifs is 1. The van der Waals surface area contributed by atoms with E-state index in [0.717, 1.165) is 0 Å². The summed E-state index contributed by atoms with van der Waals surface area (Å²) in [5.74, 6) is -0.621. The van der Waals surface area contributed by atoms with Gasteiger partial charge < -0.3 is 10.5 Å². The minimum absolute atomic E-state index is 0.00176. The summed E-state index contributed by atoms with van der Waals surface area (Å²) in [7, 11) is 0. The number of nitrogen functional groups attached to an aromatic ring is 1. The van der Waals surface area contributed by atoms with Crippen LogP contribution >= 0.6 is 0 Å². The number of nitrogens with zero attached hydrogens (tertiary/aromatic N) is 1. The van der Waals surface area contributed by atoms with Crippen molar-refractivity contribution in [3.63, 3.8) is 0 Å². The van der Waals surface area contributed by atoms with Crippen molar-refractivity contribution >= 4 is 29.2 Å². The third kappa shape index (κ3) is 2.99. The van der Waals surface area contributed by atoms with Gasteiger partial charge >= 0.3 is 5.97 Å². The molecular formula is C21H13FN2O4. The summed E-state index contributed by atoms with van der Waals surface area (Å²) in [6.45, 7) is 0. The fraction of sp³-hybridized carbons (Fsp3) is 0. The molecule has 138 valence electrons. The number of carbonyl (C=O) groups is 1. The van der Waals surface area contributed by atoms with Crippen LogP contribution in [0.15, 0.2) is 60.7 Å². The maximum absolute atomic E-state index is 14.4. The van der Waals surface area contributed by atoms with E-state index >= 15 is 0 Å². The Hall–Kier alpha value is -4.00. The highest BCUT2D eigenvalue weighted by molar-refractivity contribution is 6.05. The molecule has 6 nitrogen and oxygen atoms in total. The van der Waals surface area contributed by atoms with Crippen molar-refractivity contribution in [2.24, 2.45) is 0 Å². The van der Waals surface area contributed by atoms with Gasteiger partial charge in [0.25, 0.3) is 5.69 Å². The standard InChI is InChI=1S/C21H13FN2O4/c22-17-7-5-12(10-20-14-3-1-2-4-15(14)21(25)28-20)9-16(17)13-6-8-18(23)19(11-13)24(26)27/h1-11H,23H2. The molecule has 28 heavy (non-hydrogen) atoms. The van der Waals surface area contributed by atoms with Crippen LogP contribution in [-0.4, -0.2) is 10.9 Å². The Morgan fingerprint density at radius 3 is 2.50 bits per heavy atom. The molecule has 1 heterocycles. The van der Waals surface area contributed by atoms with Gasteiger partial charge in [-0.25, -0.2) is 9.18 Å². The molecule has 4 rings (SSSR count). The van der Waals surface area contributed by atoms with Gasteiger partial charge in [0, 0.05) is 17.2 Å². The van der Waals surface area contributed by atoms with E-state index in [1.165, 1.54) is 36.4 Å². The molecule has 3 aromatic rings. The van der Waals surface area contributed by atoms with Crippen molar-refractivity contribution in [2.75, 3.05) is 5.73 Å². The third-order valence-electron chi connectivity index (χ3n) is 4.44. The Morgan fingerprint density at radius 1 is 1.00 bits per heavy atom. The normalized spacial score (nSPS) is 14.0. The molecule has 3 aromatic carbocycles. The lowest BCUT2D eigenvalue weighted by atomic mass is 10.00. The van der Waals surface area contributed by atoms with E-state index in [9.17, 15) is 19.3 Å². The first-order chi connectivity index (χ1) is 13.4. The topological polar surface area (TPSA) is 95.5 Å². The van der Waals surface area contributed by atoms with Crippen LogP contribution in [0.4, 0.5) is 15.8 Å². The maximum atomic E-state index is 14.4. The monoisotopic (exact) mass is 376 g/mol. The first-order valence-corrected chi connectivity index (χ1v) is 8.31. The molecule has 0 radical (unpaired) electrons. The summed E-state index contributed by atoms with van der Waals surface area (Å²) in [5.41, 5.74) is 7.51. The van der Waals surface area contributed by atoms with E-state index in [1.54, 1.807) is 30.3 Å². The highest BCUT2D eigenvalue weighted by Crippen LogP contribution is 2.34. The van der Waals surface area contributed by atoms with Crippen LogP contribution < -0.4 is 5.73 Å². The first kappa shape index (κ1) is 17.4. The third-order valence-corrected chi connectivity index (χ3v) is 4.44. The van der Waals surface area contributed by atoms with Crippen LogP contribution in [0.2, 0.25) is 0 Å². The number of nitrogens with two attached hydrogens (primary N) is 1. The van der Waals surface area contributed by atoms with E-state index in [2.05, 4.69) is 0 Å². The predicted molar refractivity (Wildman–Crippen MR) is 103 cm³/mol. The van der Waals surface area contributed by atoms with Crippen molar-refractivity contribution in [3.8, 4) is 11.1 Å². The number of nitro benzene ring substituents is 1. The number of anilines is 1. The predicted octanol–water partition coefficient (Wildman–Crippen LogP) is 4.65. The number of esters is 1. The zero-order valence-electron chi connectivity index (χ0n) is 14.4. The van der Waals surface area contributed by atoms with E-state index in [0.29, 0.717) is 28.0 Å². The Kier molecular flexibility index (Phi) is 4.12. The summed E-state index contributed by atoms with van der Waals surface area (Å²) in [5, 5.41) is 11.1. The number of halogens is 1. The summed E-state index contributed by atoms with van der Waals surface area (Å²) in [6.07, 6.45) is 1.62. The second-order valence-corrected chi connectivity index (χ2v) is 6.21. The smallest absolute Gasteiger partial charge is 0.344 e. The zero-order chi connectivity index (χ0) is 19.8. The molecule has 1 aliphatic rings. The molecule has 2 N–H and O–H groups in total. The van der Waals surface area contributed by atoms with E-state index in [-0.39, 0.29) is 16.9 Å². The Balaban J connectivity index is 1.78. The van der Waals surface area contributed by atoms with Crippen molar-refractivity contribution in [2.45, 2.75) is 0 Å². The molecule has 0 amide bonds. The molecule has 0 bridgehead atoms. The van der Waals surface area contributed by atoms with Crippen LogP contribution in [-0.2, 0) is 4.74 Å². The van der Waals surface area contributed by atoms with Gasteiger partial charge in [-0.3, -0.25) is 10.1 Å². The molecular weight excluding hydrogens is 363 g/mol. The maximum Gasteiger partial charge on any atom is 0.344 e. The van der Waals surface area contributed by atoms with E-state index < -0.39 is 16.7 Å². The van der Waals surface area contributed by atoms with Gasteiger partial charge in [-0.1, -0.05) is 30.3 Å². The second-order valence-electron chi connectivity index (χ2n) is 6.21. The lowest BCUT2D eigenvalue weighted by molar-refractivity contribution is -0.383. The number of rotatable bonds is 3. The molecule has 0 aliphatic carbocycles. The van der Waals surface area contributed by atoms with Crippen LogP contribution in [0.25, 0.3) is 23.0 Å². The van der Waals surface area contributed by atoms with E-state index in [4.69, 9.17) is 10.5 Å². The van der Waals surface area contributed by atoms with Gasteiger partial charge in [0.2, 0.25) is 0 Å². The zero-order valence-corrected chi connectivity index (χ0v) is 14.4. The van der Waals surface area contributed by atoms with Crippen molar-refractivity contribution in [1.82, 2.24) is 0 Å². The summed E-state index contributed by atoms with van der Waals surface area (Å²) >= 11 is 0. The number of nitro groups is 1. The molecule has 0 saturated carbocycles. The minimum Gasteiger partial charge on any atom is -0.422 e. The fourth-order valence-corrected chi connectivity index (χ4v) is 3.07. The van der Waals surface area contributed by atoms with Crippen molar-refractivity contribution in [3.05, 3.63) is 93.3 Å². The molecule has 0 aromatic heterocycles. The molecule has 1 aliphatic heterocycles. The lowest BCUT2D eigenvalue weighted by Crippen LogP contribution is -1.96. The highest BCUT2D eigenvalue weighted by Gasteiger charge is 2.25. The van der Waals surface area contributed by atoms with Gasteiger partial charge in [0.15, 0.2) is 0 Å². The largest absolute Gasteiger partial charge is 0.422 e.